The van der Waals surface area contributed by atoms with Crippen molar-refractivity contribution in [2.75, 3.05) is 7.11 Å². The molecule has 0 atom stereocenters. The van der Waals surface area contributed by atoms with E-state index in [1.54, 1.807) is 6.21 Å². The number of para-hydroxylation sites is 1. The second kappa shape index (κ2) is 7.79. The number of fused-ring (bicyclic) bond motifs is 1. The van der Waals surface area contributed by atoms with E-state index in [1.807, 2.05) is 41.0 Å². The topological polar surface area (TPSA) is 43.6 Å². The molecule has 0 fully saturated rings. The monoisotopic (exact) mass is 334 g/mol. The standard InChI is InChI=1S/C21H22N2O2/c1-3-17-18-12-7-8-13-19(18)23(20(24)14-9-15-22-25-2)21(17)16-10-5-4-6-11-16/h4-8,10-13,15H,3,9,14H2,1-2H3/b22-15+. The van der Waals surface area contributed by atoms with E-state index < -0.39 is 0 Å². The first-order chi connectivity index (χ1) is 12.3. The molecule has 0 amide bonds. The van der Waals surface area contributed by atoms with Gasteiger partial charge in [0.25, 0.3) is 0 Å². The van der Waals surface area contributed by atoms with Crippen molar-refractivity contribution in [1.29, 1.82) is 0 Å². The summed E-state index contributed by atoms with van der Waals surface area (Å²) in [7, 11) is 1.50. The molecule has 2 aromatic carbocycles. The van der Waals surface area contributed by atoms with E-state index in [1.165, 1.54) is 12.7 Å². The molecule has 4 heteroatoms. The van der Waals surface area contributed by atoms with E-state index in [2.05, 4.69) is 35.1 Å². The lowest BCUT2D eigenvalue weighted by Crippen LogP contribution is -2.12. The second-order valence-corrected chi connectivity index (χ2v) is 5.80. The fraction of sp³-hybridized carbons (Fsp3) is 0.238. The first-order valence-electron chi connectivity index (χ1n) is 8.53. The first kappa shape index (κ1) is 17.0. The Balaban J connectivity index is 2.15. The molecule has 0 bridgehead atoms. The Bertz CT molecular complexity index is 895. The van der Waals surface area contributed by atoms with Crippen LogP contribution >= 0.6 is 0 Å². The number of carbonyl (C=O) groups excluding carboxylic acids is 1. The van der Waals surface area contributed by atoms with Crippen molar-refractivity contribution in [3.05, 3.63) is 60.2 Å². The predicted molar refractivity (Wildman–Crippen MR) is 102 cm³/mol. The number of oxime groups is 1. The van der Waals surface area contributed by atoms with Crippen molar-refractivity contribution < 1.29 is 9.63 Å². The largest absolute Gasteiger partial charge is 0.399 e. The summed E-state index contributed by atoms with van der Waals surface area (Å²) in [4.78, 5) is 17.7. The number of benzene rings is 2. The van der Waals surface area contributed by atoms with Crippen LogP contribution in [-0.4, -0.2) is 23.8 Å². The van der Waals surface area contributed by atoms with Crippen LogP contribution < -0.4 is 0 Å². The Morgan fingerprint density at radius 1 is 1.12 bits per heavy atom. The summed E-state index contributed by atoms with van der Waals surface area (Å²) in [6.45, 7) is 2.13. The smallest absolute Gasteiger partial charge is 0.231 e. The molecule has 1 aromatic heterocycles. The lowest BCUT2D eigenvalue weighted by atomic mass is 10.0. The van der Waals surface area contributed by atoms with Crippen molar-refractivity contribution in [3.63, 3.8) is 0 Å². The van der Waals surface area contributed by atoms with Gasteiger partial charge in [0.15, 0.2) is 0 Å². The van der Waals surface area contributed by atoms with Gasteiger partial charge in [0, 0.05) is 18.0 Å². The van der Waals surface area contributed by atoms with Crippen LogP contribution in [0.5, 0.6) is 0 Å². The van der Waals surface area contributed by atoms with Crippen LogP contribution in [-0.2, 0) is 11.3 Å². The van der Waals surface area contributed by atoms with Crippen LogP contribution in [0.25, 0.3) is 22.2 Å². The summed E-state index contributed by atoms with van der Waals surface area (Å²) in [5, 5.41) is 4.86. The van der Waals surface area contributed by atoms with Gasteiger partial charge in [-0.1, -0.05) is 60.6 Å². The Morgan fingerprint density at radius 2 is 1.84 bits per heavy atom. The highest BCUT2D eigenvalue weighted by molar-refractivity contribution is 6.01. The molecule has 1 heterocycles. The first-order valence-corrected chi connectivity index (χ1v) is 8.53. The van der Waals surface area contributed by atoms with E-state index in [9.17, 15) is 4.79 Å². The molecule has 4 nitrogen and oxygen atoms in total. The number of aryl methyl sites for hydroxylation is 1. The molecular formula is C21H22N2O2. The average molecular weight is 334 g/mol. The van der Waals surface area contributed by atoms with Crippen LogP contribution in [0.3, 0.4) is 0 Å². The van der Waals surface area contributed by atoms with Crippen molar-refractivity contribution >= 4 is 23.0 Å². The van der Waals surface area contributed by atoms with Gasteiger partial charge in [0.1, 0.15) is 7.11 Å². The van der Waals surface area contributed by atoms with E-state index >= 15 is 0 Å². The summed E-state index contributed by atoms with van der Waals surface area (Å²) in [6, 6.07) is 18.2. The number of hydrogen-bond donors (Lipinski definition) is 0. The second-order valence-electron chi connectivity index (χ2n) is 5.80. The molecule has 3 rings (SSSR count). The number of carbonyl (C=O) groups is 1. The van der Waals surface area contributed by atoms with Gasteiger partial charge in [-0.15, -0.1) is 0 Å². The maximum atomic E-state index is 13.0. The normalized spacial score (nSPS) is 11.3. The zero-order chi connectivity index (χ0) is 17.6. The van der Waals surface area contributed by atoms with Crippen molar-refractivity contribution in [3.8, 4) is 11.3 Å². The molecule has 0 spiro atoms. The van der Waals surface area contributed by atoms with Gasteiger partial charge < -0.3 is 4.84 Å². The van der Waals surface area contributed by atoms with Crippen LogP contribution in [0.4, 0.5) is 0 Å². The molecule has 0 aliphatic heterocycles. The van der Waals surface area contributed by atoms with Gasteiger partial charge >= 0.3 is 0 Å². The van der Waals surface area contributed by atoms with Gasteiger partial charge in [-0.05, 0) is 30.0 Å². The molecule has 0 aliphatic rings. The summed E-state index contributed by atoms with van der Waals surface area (Å²) in [5.41, 5.74) is 4.24. The molecule has 3 aromatic rings. The lowest BCUT2D eigenvalue weighted by Gasteiger charge is -2.10. The molecule has 0 radical (unpaired) electrons. The Morgan fingerprint density at radius 3 is 2.56 bits per heavy atom. The Hall–Kier alpha value is -2.88. The highest BCUT2D eigenvalue weighted by Crippen LogP contribution is 2.34. The quantitative estimate of drug-likeness (QED) is 0.474. The maximum absolute atomic E-state index is 13.0. The summed E-state index contributed by atoms with van der Waals surface area (Å²) < 4.78 is 1.87. The molecule has 0 unspecified atom stereocenters. The molecule has 0 saturated heterocycles. The van der Waals surface area contributed by atoms with Gasteiger partial charge in [0.2, 0.25) is 5.91 Å². The van der Waals surface area contributed by atoms with Crippen LogP contribution in [0.1, 0.15) is 30.1 Å². The van der Waals surface area contributed by atoms with Crippen LogP contribution in [0.2, 0.25) is 0 Å². The fourth-order valence-corrected chi connectivity index (χ4v) is 3.25. The van der Waals surface area contributed by atoms with Crippen molar-refractivity contribution in [2.45, 2.75) is 26.2 Å². The van der Waals surface area contributed by atoms with Crippen molar-refractivity contribution in [1.82, 2.24) is 4.57 Å². The number of hydrogen-bond acceptors (Lipinski definition) is 3. The average Bonchev–Trinajstić information content (AvgIpc) is 3.00. The zero-order valence-electron chi connectivity index (χ0n) is 14.6. The zero-order valence-corrected chi connectivity index (χ0v) is 14.6. The third-order valence-corrected chi connectivity index (χ3v) is 4.30. The van der Waals surface area contributed by atoms with Crippen LogP contribution in [0.15, 0.2) is 59.8 Å². The summed E-state index contributed by atoms with van der Waals surface area (Å²) in [5.74, 6) is 0.0670. The Labute approximate surface area is 147 Å². The molecule has 0 N–H and O–H groups in total. The molecule has 0 saturated carbocycles. The number of aromatic nitrogens is 1. The predicted octanol–water partition coefficient (Wildman–Crippen LogP) is 4.92. The third-order valence-electron chi connectivity index (χ3n) is 4.30. The molecule has 0 aliphatic carbocycles. The minimum atomic E-state index is 0.0670. The van der Waals surface area contributed by atoms with Gasteiger partial charge in [0.05, 0.1) is 11.2 Å². The molecule has 25 heavy (non-hydrogen) atoms. The van der Waals surface area contributed by atoms with Gasteiger partial charge in [-0.2, -0.15) is 0 Å². The van der Waals surface area contributed by atoms with Crippen molar-refractivity contribution in [2.24, 2.45) is 5.16 Å². The maximum Gasteiger partial charge on any atom is 0.231 e. The van der Waals surface area contributed by atoms with E-state index in [-0.39, 0.29) is 5.91 Å². The number of rotatable bonds is 6. The Kier molecular flexibility index (Phi) is 5.29. The molecular weight excluding hydrogens is 312 g/mol. The highest BCUT2D eigenvalue weighted by atomic mass is 16.6. The third kappa shape index (κ3) is 3.33. The minimum Gasteiger partial charge on any atom is -0.399 e. The SMILES string of the molecule is CCc1c(-c2ccccc2)n(C(=O)CC/C=N/OC)c2ccccc12. The summed E-state index contributed by atoms with van der Waals surface area (Å²) in [6.07, 6.45) is 3.44. The summed E-state index contributed by atoms with van der Waals surface area (Å²) >= 11 is 0. The lowest BCUT2D eigenvalue weighted by molar-refractivity contribution is 0.0912. The molecule has 128 valence electrons. The van der Waals surface area contributed by atoms with E-state index in [4.69, 9.17) is 0 Å². The van der Waals surface area contributed by atoms with E-state index in [0.29, 0.717) is 12.8 Å². The van der Waals surface area contributed by atoms with Gasteiger partial charge in [-0.3, -0.25) is 9.36 Å². The van der Waals surface area contributed by atoms with Gasteiger partial charge in [-0.25, -0.2) is 0 Å². The highest BCUT2D eigenvalue weighted by Gasteiger charge is 2.20. The van der Waals surface area contributed by atoms with E-state index in [0.717, 1.165) is 28.6 Å². The van der Waals surface area contributed by atoms with Crippen LogP contribution in [0, 0.1) is 0 Å². The fourth-order valence-electron chi connectivity index (χ4n) is 3.25. The minimum absolute atomic E-state index is 0.0670. The number of nitrogens with zero attached hydrogens (tertiary/aromatic N) is 2.